The summed E-state index contributed by atoms with van der Waals surface area (Å²) in [6.45, 7) is 4.82. The summed E-state index contributed by atoms with van der Waals surface area (Å²) < 4.78 is 0. The van der Waals surface area contributed by atoms with Gasteiger partial charge in [0.1, 0.15) is 6.33 Å². The average Bonchev–Trinajstić information content (AvgIpc) is 2.91. The molecule has 0 radical (unpaired) electrons. The van der Waals surface area contributed by atoms with E-state index in [2.05, 4.69) is 63.4 Å². The molecule has 1 saturated heterocycles. The summed E-state index contributed by atoms with van der Waals surface area (Å²) in [6.07, 6.45) is 1.43. The van der Waals surface area contributed by atoms with Gasteiger partial charge in [0, 0.05) is 31.1 Å². The van der Waals surface area contributed by atoms with Crippen molar-refractivity contribution < 1.29 is 4.92 Å². The molecule has 8 heteroatoms. The minimum absolute atomic E-state index is 0.0285. The van der Waals surface area contributed by atoms with Crippen molar-refractivity contribution in [1.82, 2.24) is 14.9 Å². The van der Waals surface area contributed by atoms with Crippen LogP contribution in [0.3, 0.4) is 0 Å². The Balaban J connectivity index is 1.38. The van der Waals surface area contributed by atoms with Crippen LogP contribution in [0.15, 0.2) is 101 Å². The average molecular weight is 498 g/mol. The molecular formula is C28H27N5O2S. The Bertz CT molecular complexity index is 1270. The summed E-state index contributed by atoms with van der Waals surface area (Å²) in [7, 11) is 0. The highest BCUT2D eigenvalue weighted by molar-refractivity contribution is 7.99. The molecule has 1 fully saturated rings. The summed E-state index contributed by atoms with van der Waals surface area (Å²) in [4.78, 5) is 25.8. The lowest BCUT2D eigenvalue weighted by molar-refractivity contribution is -0.387. The molecule has 1 aromatic heterocycles. The van der Waals surface area contributed by atoms with E-state index in [0.717, 1.165) is 23.5 Å². The van der Waals surface area contributed by atoms with Gasteiger partial charge in [-0.1, -0.05) is 90.1 Å². The molecule has 36 heavy (non-hydrogen) atoms. The third-order valence-corrected chi connectivity index (χ3v) is 7.40. The predicted octanol–water partition coefficient (Wildman–Crippen LogP) is 5.76. The van der Waals surface area contributed by atoms with Crippen LogP contribution in [0.25, 0.3) is 0 Å². The zero-order chi connectivity index (χ0) is 24.9. The highest BCUT2D eigenvalue weighted by Gasteiger charge is 2.32. The van der Waals surface area contributed by atoms with E-state index in [4.69, 9.17) is 0 Å². The lowest BCUT2D eigenvalue weighted by Gasteiger charge is -2.40. The molecule has 0 amide bonds. The zero-order valence-electron chi connectivity index (χ0n) is 20.0. The van der Waals surface area contributed by atoms with Crippen molar-refractivity contribution >= 4 is 23.3 Å². The number of anilines is 1. The topological polar surface area (TPSA) is 75.4 Å². The van der Waals surface area contributed by atoms with Crippen molar-refractivity contribution in [2.75, 3.05) is 31.1 Å². The molecule has 0 atom stereocenters. The second kappa shape index (κ2) is 10.9. The zero-order valence-corrected chi connectivity index (χ0v) is 20.8. The van der Waals surface area contributed by atoms with Gasteiger partial charge in [0.15, 0.2) is 5.03 Å². The summed E-state index contributed by atoms with van der Waals surface area (Å²) in [6, 6.07) is 29.0. The van der Waals surface area contributed by atoms with Crippen molar-refractivity contribution in [3.8, 4) is 0 Å². The summed E-state index contributed by atoms with van der Waals surface area (Å²) in [5.74, 6) is 0.389. The molecule has 0 spiro atoms. The minimum atomic E-state index is -0.352. The van der Waals surface area contributed by atoms with Gasteiger partial charge >= 0.3 is 5.69 Å². The fourth-order valence-corrected chi connectivity index (χ4v) is 5.47. The number of aromatic nitrogens is 2. The van der Waals surface area contributed by atoms with Gasteiger partial charge in [-0.3, -0.25) is 15.0 Å². The molecule has 1 aliphatic heterocycles. The highest BCUT2D eigenvalue weighted by atomic mass is 32.2. The second-order valence-corrected chi connectivity index (χ2v) is 9.83. The molecule has 7 nitrogen and oxygen atoms in total. The quantitative estimate of drug-likeness (QED) is 0.183. The Morgan fingerprint density at radius 2 is 1.42 bits per heavy atom. The van der Waals surface area contributed by atoms with E-state index in [0.29, 0.717) is 23.9 Å². The maximum Gasteiger partial charge on any atom is 0.343 e. The van der Waals surface area contributed by atoms with Gasteiger partial charge in [-0.25, -0.2) is 9.97 Å². The molecule has 4 aromatic rings. The fourth-order valence-electron chi connectivity index (χ4n) is 4.61. The number of aryl methyl sites for hydroxylation is 1. The van der Waals surface area contributed by atoms with Crippen LogP contribution in [-0.4, -0.2) is 46.0 Å². The molecule has 5 rings (SSSR count). The Morgan fingerprint density at radius 3 is 1.97 bits per heavy atom. The molecule has 0 aliphatic carbocycles. The molecule has 0 bridgehead atoms. The number of hydrogen-bond acceptors (Lipinski definition) is 7. The number of piperazine rings is 1. The second-order valence-electron chi connectivity index (χ2n) is 8.77. The molecule has 182 valence electrons. The molecule has 0 N–H and O–H groups in total. The SMILES string of the molecule is Cc1ccc(Sc2ncnc(N3CCN(C(c4ccccc4)c4ccccc4)CC3)c2[N+](=O)[O-])cc1. The Morgan fingerprint density at radius 1 is 0.833 bits per heavy atom. The van der Waals surface area contributed by atoms with Crippen molar-refractivity contribution in [2.24, 2.45) is 0 Å². The van der Waals surface area contributed by atoms with Crippen molar-refractivity contribution in [1.29, 1.82) is 0 Å². The molecule has 1 aliphatic rings. The van der Waals surface area contributed by atoms with Gasteiger partial charge < -0.3 is 4.90 Å². The van der Waals surface area contributed by atoms with E-state index in [-0.39, 0.29) is 16.7 Å². The van der Waals surface area contributed by atoms with Crippen molar-refractivity contribution in [2.45, 2.75) is 22.9 Å². The van der Waals surface area contributed by atoms with Crippen LogP contribution < -0.4 is 4.90 Å². The van der Waals surface area contributed by atoms with Crippen molar-refractivity contribution in [3.63, 3.8) is 0 Å². The number of nitrogens with zero attached hydrogens (tertiary/aromatic N) is 5. The maximum absolute atomic E-state index is 12.1. The van der Waals surface area contributed by atoms with Gasteiger partial charge in [-0.05, 0) is 30.2 Å². The van der Waals surface area contributed by atoms with Gasteiger partial charge in [0.2, 0.25) is 5.82 Å². The summed E-state index contributed by atoms with van der Waals surface area (Å²) in [5, 5.41) is 12.5. The van der Waals surface area contributed by atoms with Crippen LogP contribution in [0.2, 0.25) is 0 Å². The number of benzene rings is 3. The van der Waals surface area contributed by atoms with E-state index in [1.807, 2.05) is 48.2 Å². The minimum Gasteiger partial charge on any atom is -0.348 e. The monoisotopic (exact) mass is 497 g/mol. The lowest BCUT2D eigenvalue weighted by atomic mass is 9.96. The van der Waals surface area contributed by atoms with Gasteiger partial charge in [-0.15, -0.1) is 0 Å². The molecule has 0 saturated carbocycles. The van der Waals surface area contributed by atoms with Gasteiger partial charge in [-0.2, -0.15) is 0 Å². The standard InChI is InChI=1S/C28H27N5O2S/c1-21-12-14-24(15-13-21)36-28-26(33(34)35)27(29-20-30-28)32-18-16-31(17-19-32)25(22-8-4-2-5-9-22)23-10-6-3-7-11-23/h2-15,20,25H,16-19H2,1H3. The maximum atomic E-state index is 12.1. The first-order valence-electron chi connectivity index (χ1n) is 11.9. The number of rotatable bonds is 7. The molecule has 3 aromatic carbocycles. The third kappa shape index (κ3) is 5.24. The predicted molar refractivity (Wildman–Crippen MR) is 143 cm³/mol. The lowest BCUT2D eigenvalue weighted by Crippen LogP contribution is -2.48. The summed E-state index contributed by atoms with van der Waals surface area (Å²) in [5.41, 5.74) is 3.59. The number of nitro groups is 1. The van der Waals surface area contributed by atoms with E-state index >= 15 is 0 Å². The van der Waals surface area contributed by atoms with Crippen LogP contribution in [0.5, 0.6) is 0 Å². The first-order chi connectivity index (χ1) is 17.6. The number of hydrogen-bond donors (Lipinski definition) is 0. The third-order valence-electron chi connectivity index (χ3n) is 6.40. The van der Waals surface area contributed by atoms with Crippen LogP contribution in [0, 0.1) is 17.0 Å². The Labute approximate surface area is 215 Å². The fraction of sp³-hybridized carbons (Fsp3) is 0.214. The largest absolute Gasteiger partial charge is 0.348 e. The molecule has 2 heterocycles. The van der Waals surface area contributed by atoms with Crippen LogP contribution in [0.4, 0.5) is 11.5 Å². The smallest absolute Gasteiger partial charge is 0.343 e. The first-order valence-corrected chi connectivity index (χ1v) is 12.7. The van der Waals surface area contributed by atoms with E-state index in [1.165, 1.54) is 29.2 Å². The first kappa shape index (κ1) is 24.0. The van der Waals surface area contributed by atoms with E-state index in [1.54, 1.807) is 0 Å². The molecule has 0 unspecified atom stereocenters. The van der Waals surface area contributed by atoms with Crippen LogP contribution in [0.1, 0.15) is 22.7 Å². The summed E-state index contributed by atoms with van der Waals surface area (Å²) >= 11 is 1.30. The van der Waals surface area contributed by atoms with Gasteiger partial charge in [0.25, 0.3) is 0 Å². The van der Waals surface area contributed by atoms with Gasteiger partial charge in [0.05, 0.1) is 11.0 Å². The van der Waals surface area contributed by atoms with E-state index in [9.17, 15) is 10.1 Å². The van der Waals surface area contributed by atoms with Crippen molar-refractivity contribution in [3.05, 3.63) is 118 Å². The molecular weight excluding hydrogens is 470 g/mol. The Kier molecular flexibility index (Phi) is 7.25. The van der Waals surface area contributed by atoms with E-state index < -0.39 is 0 Å². The normalized spacial score (nSPS) is 14.2. The van der Waals surface area contributed by atoms with Crippen LogP contribution >= 0.6 is 11.8 Å². The Hall–Kier alpha value is -3.75. The van der Waals surface area contributed by atoms with Crippen LogP contribution in [-0.2, 0) is 0 Å². The highest BCUT2D eigenvalue weighted by Crippen LogP contribution is 2.39.